The molecule has 1 unspecified atom stereocenters. The molecule has 0 aliphatic carbocycles. The summed E-state index contributed by atoms with van der Waals surface area (Å²) in [6.45, 7) is -0.132. The molecule has 3 rings (SSSR count). The van der Waals surface area contributed by atoms with Crippen molar-refractivity contribution in [1.82, 2.24) is 14.5 Å². The molecular formula is C28H32ClN3O5S. The Morgan fingerprint density at radius 3 is 2.18 bits per heavy atom. The molecule has 2 amide bonds. The molecule has 0 fully saturated rings. The van der Waals surface area contributed by atoms with E-state index in [1.54, 1.807) is 43.5 Å². The van der Waals surface area contributed by atoms with Crippen molar-refractivity contribution in [2.24, 2.45) is 0 Å². The molecule has 202 valence electrons. The summed E-state index contributed by atoms with van der Waals surface area (Å²) >= 11 is 6.27. The van der Waals surface area contributed by atoms with Gasteiger partial charge >= 0.3 is 0 Å². The van der Waals surface area contributed by atoms with Crippen molar-refractivity contribution in [3.63, 3.8) is 0 Å². The minimum atomic E-state index is -3.62. The number of nitrogens with zero attached hydrogens (tertiary/aromatic N) is 2. The van der Waals surface area contributed by atoms with E-state index < -0.39 is 28.5 Å². The number of rotatable bonds is 12. The minimum Gasteiger partial charge on any atom is -0.497 e. The maximum atomic E-state index is 13.7. The molecule has 0 heterocycles. The smallest absolute Gasteiger partial charge is 0.243 e. The lowest BCUT2D eigenvalue weighted by Gasteiger charge is -2.32. The summed E-state index contributed by atoms with van der Waals surface area (Å²) in [4.78, 5) is 28.7. The Morgan fingerprint density at radius 1 is 0.947 bits per heavy atom. The van der Waals surface area contributed by atoms with Gasteiger partial charge in [-0.15, -0.1) is 0 Å². The quantitative estimate of drug-likeness (QED) is 0.368. The number of amides is 2. The van der Waals surface area contributed by atoms with E-state index in [0.29, 0.717) is 10.8 Å². The van der Waals surface area contributed by atoms with Crippen molar-refractivity contribution in [2.75, 3.05) is 27.0 Å². The number of benzene rings is 3. The van der Waals surface area contributed by atoms with Crippen LogP contribution < -0.4 is 10.1 Å². The van der Waals surface area contributed by atoms with E-state index in [4.69, 9.17) is 16.3 Å². The van der Waals surface area contributed by atoms with Crippen LogP contribution in [0.5, 0.6) is 5.75 Å². The molecule has 0 aliphatic heterocycles. The molecule has 0 spiro atoms. The van der Waals surface area contributed by atoms with Gasteiger partial charge in [-0.3, -0.25) is 9.59 Å². The fourth-order valence-electron chi connectivity index (χ4n) is 3.82. The average Bonchev–Trinajstić information content (AvgIpc) is 2.90. The summed E-state index contributed by atoms with van der Waals surface area (Å²) in [5.41, 5.74) is 2.36. The molecule has 0 bridgehead atoms. The molecule has 1 N–H and O–H groups in total. The zero-order valence-corrected chi connectivity index (χ0v) is 23.2. The Morgan fingerprint density at radius 2 is 1.58 bits per heavy atom. The van der Waals surface area contributed by atoms with E-state index >= 15 is 0 Å². The van der Waals surface area contributed by atoms with Gasteiger partial charge in [0.15, 0.2) is 0 Å². The van der Waals surface area contributed by atoms with Crippen molar-refractivity contribution in [2.45, 2.75) is 25.6 Å². The molecule has 0 radical (unpaired) electrons. The van der Waals surface area contributed by atoms with E-state index in [1.807, 2.05) is 42.5 Å². The van der Waals surface area contributed by atoms with Crippen molar-refractivity contribution in [3.05, 3.63) is 101 Å². The van der Waals surface area contributed by atoms with Crippen LogP contribution in [0.2, 0.25) is 5.02 Å². The third kappa shape index (κ3) is 8.31. The molecular weight excluding hydrogens is 526 g/mol. The number of carbonyl (C=O) groups is 2. The van der Waals surface area contributed by atoms with E-state index in [-0.39, 0.29) is 25.4 Å². The lowest BCUT2D eigenvalue weighted by Crippen LogP contribution is -2.52. The molecule has 0 saturated carbocycles. The summed E-state index contributed by atoms with van der Waals surface area (Å²) < 4.78 is 30.3. The van der Waals surface area contributed by atoms with Gasteiger partial charge in [0, 0.05) is 31.6 Å². The highest BCUT2D eigenvalue weighted by molar-refractivity contribution is 7.88. The van der Waals surface area contributed by atoms with E-state index in [0.717, 1.165) is 27.3 Å². The van der Waals surface area contributed by atoms with Gasteiger partial charge in [0.1, 0.15) is 11.8 Å². The standard InChI is InChI=1S/C28H32ClN3O5S/c1-31(38(3,35)36)20-27(33)32(19-22-13-15-24(37-2)16-14-22)26(17-21-9-5-4-6-10-21)28(34)30-18-23-11-7-8-12-25(23)29/h4-16,26H,17-20H2,1-3H3,(H,30,34). The molecule has 0 aliphatic rings. The zero-order valence-electron chi connectivity index (χ0n) is 21.6. The lowest BCUT2D eigenvalue weighted by atomic mass is 10.0. The molecule has 1 atom stereocenters. The third-order valence-corrected chi connectivity index (χ3v) is 7.75. The van der Waals surface area contributed by atoms with Crippen LogP contribution in [0.25, 0.3) is 0 Å². The Hall–Kier alpha value is -3.40. The van der Waals surface area contributed by atoms with Gasteiger partial charge < -0.3 is 15.0 Å². The maximum absolute atomic E-state index is 13.7. The summed E-state index contributed by atoms with van der Waals surface area (Å²) in [6.07, 6.45) is 1.27. The molecule has 3 aromatic carbocycles. The highest BCUT2D eigenvalue weighted by atomic mass is 35.5. The van der Waals surface area contributed by atoms with Crippen LogP contribution in [0.1, 0.15) is 16.7 Å². The average molecular weight is 558 g/mol. The Labute approximate surface area is 229 Å². The van der Waals surface area contributed by atoms with E-state index in [9.17, 15) is 18.0 Å². The van der Waals surface area contributed by atoms with Gasteiger partial charge in [0.2, 0.25) is 21.8 Å². The van der Waals surface area contributed by atoms with Crippen LogP contribution in [-0.4, -0.2) is 62.4 Å². The van der Waals surface area contributed by atoms with Gasteiger partial charge in [-0.2, -0.15) is 4.31 Å². The number of nitrogens with one attached hydrogen (secondary N) is 1. The first kappa shape index (κ1) is 29.2. The van der Waals surface area contributed by atoms with Crippen LogP contribution in [-0.2, 0) is 39.1 Å². The van der Waals surface area contributed by atoms with Crippen molar-refractivity contribution in [3.8, 4) is 5.75 Å². The van der Waals surface area contributed by atoms with Crippen LogP contribution >= 0.6 is 11.6 Å². The van der Waals surface area contributed by atoms with Crippen LogP contribution in [0, 0.1) is 0 Å². The number of likely N-dealkylation sites (N-methyl/N-ethyl adjacent to an activating group) is 1. The monoisotopic (exact) mass is 557 g/mol. The summed E-state index contributed by atoms with van der Waals surface area (Å²) in [6, 6.07) is 22.8. The summed E-state index contributed by atoms with van der Waals surface area (Å²) in [7, 11) is -0.719. The number of methoxy groups -OCH3 is 1. The number of sulfonamides is 1. The Bertz CT molecular complexity index is 1330. The topological polar surface area (TPSA) is 96.0 Å². The molecule has 8 nitrogen and oxygen atoms in total. The highest BCUT2D eigenvalue weighted by Gasteiger charge is 2.32. The number of carbonyl (C=O) groups excluding carboxylic acids is 2. The van der Waals surface area contributed by atoms with Crippen molar-refractivity contribution in [1.29, 1.82) is 0 Å². The first-order valence-corrected chi connectivity index (χ1v) is 14.2. The second-order valence-electron chi connectivity index (χ2n) is 8.90. The molecule has 10 heteroatoms. The van der Waals surface area contributed by atoms with Gasteiger partial charge in [0.05, 0.1) is 19.9 Å². The summed E-state index contributed by atoms with van der Waals surface area (Å²) in [5.74, 6) is -0.220. The van der Waals surface area contributed by atoms with Crippen LogP contribution in [0.4, 0.5) is 0 Å². The fraction of sp³-hybridized carbons (Fsp3) is 0.286. The first-order chi connectivity index (χ1) is 18.1. The lowest BCUT2D eigenvalue weighted by molar-refractivity contribution is -0.141. The van der Waals surface area contributed by atoms with E-state index in [2.05, 4.69) is 5.32 Å². The molecule has 38 heavy (non-hydrogen) atoms. The molecule has 0 saturated heterocycles. The third-order valence-electron chi connectivity index (χ3n) is 6.12. The van der Waals surface area contributed by atoms with Crippen LogP contribution in [0.15, 0.2) is 78.9 Å². The number of halogens is 1. The van der Waals surface area contributed by atoms with Gasteiger partial charge in [-0.1, -0.05) is 72.3 Å². The molecule has 0 aromatic heterocycles. The minimum absolute atomic E-state index is 0.0947. The second-order valence-corrected chi connectivity index (χ2v) is 11.4. The maximum Gasteiger partial charge on any atom is 0.243 e. The number of ether oxygens (including phenoxy) is 1. The van der Waals surface area contributed by atoms with Crippen molar-refractivity contribution >= 4 is 33.4 Å². The predicted molar refractivity (Wildman–Crippen MR) is 148 cm³/mol. The SMILES string of the molecule is COc1ccc(CN(C(=O)CN(C)S(C)(=O)=O)C(Cc2ccccc2)C(=O)NCc2ccccc2Cl)cc1. The van der Waals surface area contributed by atoms with Gasteiger partial charge in [0.25, 0.3) is 0 Å². The van der Waals surface area contributed by atoms with Crippen LogP contribution in [0.3, 0.4) is 0 Å². The fourth-order valence-corrected chi connectivity index (χ4v) is 4.37. The number of hydrogen-bond acceptors (Lipinski definition) is 5. The Kier molecular flexibility index (Phi) is 10.3. The van der Waals surface area contributed by atoms with Crippen molar-refractivity contribution < 1.29 is 22.7 Å². The predicted octanol–water partition coefficient (Wildman–Crippen LogP) is 3.50. The number of hydrogen-bond donors (Lipinski definition) is 1. The van der Waals surface area contributed by atoms with E-state index in [1.165, 1.54) is 11.9 Å². The normalized spacial score (nSPS) is 12.1. The van der Waals surface area contributed by atoms with Gasteiger partial charge in [-0.05, 0) is 34.9 Å². The Balaban J connectivity index is 1.96. The summed E-state index contributed by atoms with van der Waals surface area (Å²) in [5, 5.41) is 3.44. The largest absolute Gasteiger partial charge is 0.497 e. The van der Waals surface area contributed by atoms with Gasteiger partial charge in [-0.25, -0.2) is 8.42 Å². The molecule has 3 aromatic rings. The zero-order chi connectivity index (χ0) is 27.7. The highest BCUT2D eigenvalue weighted by Crippen LogP contribution is 2.19. The second kappa shape index (κ2) is 13.4. The first-order valence-electron chi connectivity index (χ1n) is 12.0.